The summed E-state index contributed by atoms with van der Waals surface area (Å²) in [6.45, 7) is 2.43. The van der Waals surface area contributed by atoms with Crippen molar-refractivity contribution in [1.29, 1.82) is 0 Å². The highest BCUT2D eigenvalue weighted by Gasteiger charge is 2.50. The lowest BCUT2D eigenvalue weighted by atomic mass is 10.0. The van der Waals surface area contributed by atoms with Gasteiger partial charge in [0.25, 0.3) is 5.92 Å². The van der Waals surface area contributed by atoms with E-state index < -0.39 is 48.9 Å². The first-order chi connectivity index (χ1) is 15.5. The van der Waals surface area contributed by atoms with Gasteiger partial charge in [0.2, 0.25) is 5.91 Å². The SMILES string of the molecule is CC(C)[C@H](NC(=O)[O-])C(=O)N1CC(F)(F)C[C@H]1c1nc2ccc(-c3ccc(Cl)cc3)cc2[nH]1. The fraction of sp³-hybridized carbons (Fsp3) is 0.348. The van der Waals surface area contributed by atoms with Gasteiger partial charge in [-0.1, -0.05) is 43.6 Å². The van der Waals surface area contributed by atoms with Crippen molar-refractivity contribution in [1.82, 2.24) is 20.2 Å². The Bertz CT molecular complexity index is 1200. The lowest BCUT2D eigenvalue weighted by Crippen LogP contribution is -2.54. The van der Waals surface area contributed by atoms with Gasteiger partial charge in [0.05, 0.1) is 23.6 Å². The Morgan fingerprint density at radius 1 is 1.21 bits per heavy atom. The van der Waals surface area contributed by atoms with Crippen LogP contribution in [0, 0.1) is 5.92 Å². The monoisotopic (exact) mass is 475 g/mol. The number of aromatic nitrogens is 2. The molecule has 3 aromatic rings. The topological polar surface area (TPSA) is 101 Å². The van der Waals surface area contributed by atoms with Crippen molar-refractivity contribution in [2.24, 2.45) is 5.92 Å². The number of rotatable bonds is 5. The molecule has 7 nitrogen and oxygen atoms in total. The first kappa shape index (κ1) is 23.0. The molecule has 33 heavy (non-hydrogen) atoms. The van der Waals surface area contributed by atoms with E-state index in [4.69, 9.17) is 11.6 Å². The van der Waals surface area contributed by atoms with Gasteiger partial charge in [-0.25, -0.2) is 13.8 Å². The molecule has 1 saturated heterocycles. The third kappa shape index (κ3) is 4.78. The first-order valence-corrected chi connectivity index (χ1v) is 10.8. The fourth-order valence-corrected chi connectivity index (χ4v) is 4.25. The number of H-pyrrole nitrogens is 1. The Balaban J connectivity index is 1.67. The molecule has 10 heteroatoms. The number of benzene rings is 2. The van der Waals surface area contributed by atoms with Crippen molar-refractivity contribution in [2.45, 2.75) is 38.3 Å². The van der Waals surface area contributed by atoms with Crippen molar-refractivity contribution in [3.63, 3.8) is 0 Å². The van der Waals surface area contributed by atoms with Gasteiger partial charge in [0.15, 0.2) is 0 Å². The van der Waals surface area contributed by atoms with Crippen LogP contribution in [-0.2, 0) is 4.79 Å². The second-order valence-electron chi connectivity index (χ2n) is 8.56. The second-order valence-corrected chi connectivity index (χ2v) is 8.99. The quantitative estimate of drug-likeness (QED) is 0.586. The highest BCUT2D eigenvalue weighted by Crippen LogP contribution is 2.41. The standard InChI is InChI=1S/C23H23ClF2N4O3/c1-12(2)19(29-22(32)33)21(31)30-11-23(25,26)10-18(30)20-27-16-8-5-14(9-17(16)28-20)13-3-6-15(24)7-4-13/h3-9,12,18-19,29H,10-11H2,1-2H3,(H,27,28)(H,32,33)/p-1/t18-,19-/m0/s1. The summed E-state index contributed by atoms with van der Waals surface area (Å²) in [7, 11) is 0. The number of carbonyl (C=O) groups excluding carboxylic acids is 2. The summed E-state index contributed by atoms with van der Waals surface area (Å²) in [6, 6.07) is 10.5. The molecule has 1 aromatic heterocycles. The summed E-state index contributed by atoms with van der Waals surface area (Å²) in [6.07, 6.45) is -2.25. The Morgan fingerprint density at radius 3 is 2.52 bits per heavy atom. The van der Waals surface area contributed by atoms with E-state index in [0.717, 1.165) is 16.0 Å². The van der Waals surface area contributed by atoms with Crippen LogP contribution in [0.1, 0.15) is 32.1 Å². The van der Waals surface area contributed by atoms with E-state index in [2.05, 4.69) is 9.97 Å². The van der Waals surface area contributed by atoms with Crippen LogP contribution in [0.25, 0.3) is 22.2 Å². The average molecular weight is 476 g/mol. The molecule has 174 valence electrons. The molecule has 0 saturated carbocycles. The average Bonchev–Trinajstić information content (AvgIpc) is 3.31. The van der Waals surface area contributed by atoms with Gasteiger partial charge in [0.1, 0.15) is 18.0 Å². The Hall–Kier alpha value is -3.20. The minimum Gasteiger partial charge on any atom is -0.530 e. The lowest BCUT2D eigenvalue weighted by Gasteiger charge is -2.30. The zero-order chi connectivity index (χ0) is 23.9. The van der Waals surface area contributed by atoms with Crippen molar-refractivity contribution < 1.29 is 23.5 Å². The second kappa shape index (κ2) is 8.62. The van der Waals surface area contributed by atoms with Crippen LogP contribution in [0.5, 0.6) is 0 Å². The van der Waals surface area contributed by atoms with Gasteiger partial charge in [-0.15, -0.1) is 0 Å². The van der Waals surface area contributed by atoms with E-state index in [-0.39, 0.29) is 5.82 Å². The number of fused-ring (bicyclic) bond motifs is 1. The minimum atomic E-state index is -3.13. The summed E-state index contributed by atoms with van der Waals surface area (Å²) in [5.74, 6) is -4.10. The summed E-state index contributed by atoms with van der Waals surface area (Å²) in [5.41, 5.74) is 3.01. The van der Waals surface area contributed by atoms with Gasteiger partial charge >= 0.3 is 0 Å². The van der Waals surface area contributed by atoms with E-state index in [1.807, 2.05) is 29.6 Å². The third-order valence-electron chi connectivity index (χ3n) is 5.75. The summed E-state index contributed by atoms with van der Waals surface area (Å²) in [4.78, 5) is 32.6. The van der Waals surface area contributed by atoms with Gasteiger partial charge in [-0.3, -0.25) is 4.79 Å². The molecule has 0 radical (unpaired) electrons. The number of aromatic amines is 1. The smallest absolute Gasteiger partial charge is 0.267 e. The number of alkyl halides is 2. The van der Waals surface area contributed by atoms with E-state index in [1.165, 1.54) is 0 Å². The lowest BCUT2D eigenvalue weighted by molar-refractivity contribution is -0.252. The Kier molecular flexibility index (Phi) is 6.00. The van der Waals surface area contributed by atoms with E-state index in [1.54, 1.807) is 32.0 Å². The fourth-order valence-electron chi connectivity index (χ4n) is 4.12. The Labute approximate surface area is 193 Å². The number of hydrogen-bond donors (Lipinski definition) is 2. The molecule has 1 aliphatic heterocycles. The molecule has 1 aliphatic rings. The molecule has 0 unspecified atom stereocenters. The first-order valence-electron chi connectivity index (χ1n) is 10.5. The number of hydrogen-bond acceptors (Lipinski definition) is 4. The zero-order valence-electron chi connectivity index (χ0n) is 17.9. The Morgan fingerprint density at radius 2 is 1.88 bits per heavy atom. The predicted molar refractivity (Wildman–Crippen MR) is 118 cm³/mol. The maximum Gasteiger partial charge on any atom is 0.267 e. The predicted octanol–water partition coefficient (Wildman–Crippen LogP) is 3.75. The molecule has 0 bridgehead atoms. The summed E-state index contributed by atoms with van der Waals surface area (Å²) < 4.78 is 28.8. The number of carbonyl (C=O) groups is 2. The van der Waals surface area contributed by atoms with E-state index >= 15 is 0 Å². The number of imidazole rings is 1. The van der Waals surface area contributed by atoms with Gasteiger partial charge < -0.3 is 25.1 Å². The molecule has 2 aromatic carbocycles. The summed E-state index contributed by atoms with van der Waals surface area (Å²) >= 11 is 5.95. The van der Waals surface area contributed by atoms with Crippen molar-refractivity contribution in [3.05, 3.63) is 53.3 Å². The molecule has 2 atom stereocenters. The van der Waals surface area contributed by atoms with Gasteiger partial charge in [0, 0.05) is 11.4 Å². The highest BCUT2D eigenvalue weighted by molar-refractivity contribution is 6.30. The molecule has 2 N–H and O–H groups in total. The molecule has 2 heterocycles. The van der Waals surface area contributed by atoms with Gasteiger partial charge in [-0.2, -0.15) is 0 Å². The van der Waals surface area contributed by atoms with Crippen molar-refractivity contribution >= 4 is 34.6 Å². The normalized spacial score (nSPS) is 18.6. The zero-order valence-corrected chi connectivity index (χ0v) is 18.7. The van der Waals surface area contributed by atoms with Crippen molar-refractivity contribution in [3.8, 4) is 11.1 Å². The van der Waals surface area contributed by atoms with Gasteiger partial charge in [-0.05, 0) is 41.3 Å². The molecular weight excluding hydrogens is 454 g/mol. The molecule has 0 spiro atoms. The number of likely N-dealkylation sites (tertiary alicyclic amines) is 1. The van der Waals surface area contributed by atoms with Crippen LogP contribution < -0.4 is 10.4 Å². The third-order valence-corrected chi connectivity index (χ3v) is 6.00. The molecular formula is C23H22ClF2N4O3-. The minimum absolute atomic E-state index is 0.222. The highest BCUT2D eigenvalue weighted by atomic mass is 35.5. The number of nitrogens with one attached hydrogen (secondary N) is 2. The molecule has 4 rings (SSSR count). The van der Waals surface area contributed by atoms with Crippen LogP contribution in [0.3, 0.4) is 0 Å². The maximum atomic E-state index is 14.4. The molecule has 1 fully saturated rings. The van der Waals surface area contributed by atoms with E-state index in [0.29, 0.717) is 16.1 Å². The molecule has 2 amide bonds. The number of carboxylic acid groups (broad SMARTS) is 1. The number of amides is 2. The number of halogens is 3. The number of nitrogens with zero attached hydrogens (tertiary/aromatic N) is 2. The van der Waals surface area contributed by atoms with Crippen LogP contribution in [0.2, 0.25) is 5.02 Å². The summed E-state index contributed by atoms with van der Waals surface area (Å²) in [5, 5.41) is 13.7. The maximum absolute atomic E-state index is 14.4. The van der Waals surface area contributed by atoms with Crippen LogP contribution in [0.4, 0.5) is 13.6 Å². The van der Waals surface area contributed by atoms with Crippen LogP contribution >= 0.6 is 11.6 Å². The van der Waals surface area contributed by atoms with Crippen LogP contribution in [-0.4, -0.2) is 45.4 Å². The molecule has 0 aliphatic carbocycles. The van der Waals surface area contributed by atoms with Crippen LogP contribution in [0.15, 0.2) is 42.5 Å². The largest absolute Gasteiger partial charge is 0.530 e. The van der Waals surface area contributed by atoms with Crippen molar-refractivity contribution in [2.75, 3.05) is 6.54 Å². The van der Waals surface area contributed by atoms with E-state index in [9.17, 15) is 23.5 Å².